The Bertz CT molecular complexity index is 174. The standard InChI is InChI=1S/C4H8O4S2/c1-3-4(2,9(5)6)10(7)8/h3H,1H2,2H3,(H,5,6)(H,7,8). The minimum absolute atomic E-state index is 0.985. The van der Waals surface area contributed by atoms with E-state index < -0.39 is 26.2 Å². The van der Waals surface area contributed by atoms with Gasteiger partial charge in [0.15, 0.2) is 26.2 Å². The Morgan fingerprint density at radius 3 is 1.70 bits per heavy atom. The highest BCUT2D eigenvalue weighted by Gasteiger charge is 2.34. The quantitative estimate of drug-likeness (QED) is 0.489. The Labute approximate surface area is 63.9 Å². The molecular formula is C4H8O4S2. The first-order valence-corrected chi connectivity index (χ1v) is 4.52. The molecule has 0 saturated heterocycles. The Kier molecular flexibility index (Phi) is 3.37. The molecule has 0 aromatic rings. The van der Waals surface area contributed by atoms with Crippen molar-refractivity contribution in [1.29, 1.82) is 0 Å². The molecule has 2 N–H and O–H groups in total. The summed E-state index contributed by atoms with van der Waals surface area (Å²) < 4.78 is 36.1. The van der Waals surface area contributed by atoms with Gasteiger partial charge in [0, 0.05) is 0 Å². The Morgan fingerprint density at radius 1 is 1.40 bits per heavy atom. The van der Waals surface area contributed by atoms with E-state index in [4.69, 9.17) is 9.11 Å². The van der Waals surface area contributed by atoms with Crippen LogP contribution in [-0.4, -0.2) is 21.6 Å². The first kappa shape index (κ1) is 9.96. The molecule has 0 heterocycles. The molecule has 0 rings (SSSR count). The summed E-state index contributed by atoms with van der Waals surface area (Å²) in [5, 5.41) is 0. The summed E-state index contributed by atoms with van der Waals surface area (Å²) in [4.78, 5) is 0. The lowest BCUT2D eigenvalue weighted by atomic mass is 10.5. The van der Waals surface area contributed by atoms with Crippen molar-refractivity contribution >= 4 is 22.2 Å². The van der Waals surface area contributed by atoms with E-state index in [1.54, 1.807) is 0 Å². The molecule has 0 fully saturated rings. The molecule has 0 bridgehead atoms. The summed E-state index contributed by atoms with van der Waals surface area (Å²) in [6, 6.07) is 0. The van der Waals surface area contributed by atoms with Gasteiger partial charge in [0.2, 0.25) is 0 Å². The molecule has 0 saturated carbocycles. The second-order valence-corrected chi connectivity index (χ2v) is 4.67. The van der Waals surface area contributed by atoms with Gasteiger partial charge in [0.05, 0.1) is 0 Å². The van der Waals surface area contributed by atoms with Gasteiger partial charge in [0.1, 0.15) is 0 Å². The predicted molar refractivity (Wildman–Crippen MR) is 40.1 cm³/mol. The second kappa shape index (κ2) is 3.38. The van der Waals surface area contributed by atoms with Crippen molar-refractivity contribution in [1.82, 2.24) is 0 Å². The topological polar surface area (TPSA) is 74.6 Å². The van der Waals surface area contributed by atoms with E-state index in [0.29, 0.717) is 0 Å². The third-order valence-corrected chi connectivity index (χ3v) is 3.64. The highest BCUT2D eigenvalue weighted by molar-refractivity contribution is 7.99. The molecule has 0 amide bonds. The summed E-state index contributed by atoms with van der Waals surface area (Å²) in [5.41, 5.74) is 0. The average molecular weight is 184 g/mol. The SMILES string of the molecule is C=CC(C)(S(=O)O)S(=O)O. The van der Waals surface area contributed by atoms with Crippen molar-refractivity contribution in [3.8, 4) is 0 Å². The van der Waals surface area contributed by atoms with Crippen LogP contribution in [0.1, 0.15) is 6.92 Å². The normalized spacial score (nSPS) is 22.7. The maximum atomic E-state index is 10.4. The highest BCUT2D eigenvalue weighted by atomic mass is 32.3. The average Bonchev–Trinajstić information content (AvgIpc) is 1.85. The Balaban J connectivity index is 4.72. The molecule has 0 aliphatic rings. The molecule has 6 heteroatoms. The predicted octanol–water partition coefficient (Wildman–Crippen LogP) is 0.332. The molecule has 0 spiro atoms. The summed E-state index contributed by atoms with van der Waals surface area (Å²) >= 11 is -4.73. The van der Waals surface area contributed by atoms with Gasteiger partial charge in [-0.3, -0.25) is 0 Å². The highest BCUT2D eigenvalue weighted by Crippen LogP contribution is 2.16. The summed E-state index contributed by atoms with van der Waals surface area (Å²) in [6.45, 7) is 4.34. The lowest BCUT2D eigenvalue weighted by Crippen LogP contribution is -2.32. The van der Waals surface area contributed by atoms with Crippen molar-refractivity contribution in [3.05, 3.63) is 12.7 Å². The molecule has 2 atom stereocenters. The molecule has 60 valence electrons. The van der Waals surface area contributed by atoms with Gasteiger partial charge in [-0.1, -0.05) is 6.08 Å². The molecular weight excluding hydrogens is 176 g/mol. The summed E-state index contributed by atoms with van der Waals surface area (Å²) in [5.74, 6) is 0. The Morgan fingerprint density at radius 2 is 1.70 bits per heavy atom. The molecule has 0 aromatic heterocycles. The minimum atomic E-state index is -2.37. The zero-order valence-electron chi connectivity index (χ0n) is 5.31. The smallest absolute Gasteiger partial charge is 0.186 e. The summed E-state index contributed by atoms with van der Waals surface area (Å²) in [7, 11) is 0. The van der Waals surface area contributed by atoms with E-state index in [-0.39, 0.29) is 0 Å². The third kappa shape index (κ3) is 1.72. The van der Waals surface area contributed by atoms with Gasteiger partial charge < -0.3 is 9.11 Å². The Hall–Kier alpha value is -0.0400. The monoisotopic (exact) mass is 184 g/mol. The molecule has 2 unspecified atom stereocenters. The van der Waals surface area contributed by atoms with Crippen molar-refractivity contribution in [2.75, 3.05) is 0 Å². The van der Waals surface area contributed by atoms with Crippen LogP contribution in [0.3, 0.4) is 0 Å². The van der Waals surface area contributed by atoms with E-state index in [2.05, 4.69) is 6.58 Å². The molecule has 0 aliphatic heterocycles. The summed E-state index contributed by atoms with van der Waals surface area (Å²) in [6.07, 6.45) is 0.985. The first-order valence-electron chi connectivity index (χ1n) is 2.30. The van der Waals surface area contributed by atoms with E-state index in [0.717, 1.165) is 6.08 Å². The number of hydrogen-bond donors (Lipinski definition) is 2. The van der Waals surface area contributed by atoms with E-state index in [1.165, 1.54) is 6.92 Å². The number of rotatable bonds is 3. The van der Waals surface area contributed by atoms with Crippen molar-refractivity contribution in [2.24, 2.45) is 0 Å². The molecule has 10 heavy (non-hydrogen) atoms. The number of hydrogen-bond acceptors (Lipinski definition) is 2. The largest absolute Gasteiger partial charge is 0.305 e. The minimum Gasteiger partial charge on any atom is -0.305 e. The van der Waals surface area contributed by atoms with Crippen LogP contribution in [0.25, 0.3) is 0 Å². The van der Waals surface area contributed by atoms with Crippen molar-refractivity contribution < 1.29 is 17.5 Å². The van der Waals surface area contributed by atoms with Crippen LogP contribution in [-0.2, 0) is 22.2 Å². The van der Waals surface area contributed by atoms with Crippen LogP contribution >= 0.6 is 0 Å². The molecule has 0 aromatic carbocycles. The first-order chi connectivity index (χ1) is 4.45. The molecule has 0 radical (unpaired) electrons. The maximum absolute atomic E-state index is 10.4. The maximum Gasteiger partial charge on any atom is 0.186 e. The van der Waals surface area contributed by atoms with Crippen LogP contribution in [0.15, 0.2) is 12.7 Å². The third-order valence-electron chi connectivity index (χ3n) is 1.06. The van der Waals surface area contributed by atoms with Crippen LogP contribution in [0, 0.1) is 0 Å². The van der Waals surface area contributed by atoms with Gasteiger partial charge in [-0.15, -0.1) is 6.58 Å². The fourth-order valence-electron chi connectivity index (χ4n) is 0.204. The fraction of sp³-hybridized carbons (Fsp3) is 0.500. The van der Waals surface area contributed by atoms with Crippen LogP contribution in [0.5, 0.6) is 0 Å². The van der Waals surface area contributed by atoms with Crippen LogP contribution < -0.4 is 0 Å². The lowest BCUT2D eigenvalue weighted by molar-refractivity contribution is 0.529. The van der Waals surface area contributed by atoms with E-state index in [1.807, 2.05) is 0 Å². The lowest BCUT2D eigenvalue weighted by Gasteiger charge is -2.14. The van der Waals surface area contributed by atoms with Gasteiger partial charge in [-0.25, -0.2) is 8.42 Å². The van der Waals surface area contributed by atoms with E-state index in [9.17, 15) is 8.42 Å². The van der Waals surface area contributed by atoms with Gasteiger partial charge in [0.25, 0.3) is 0 Å². The zero-order valence-corrected chi connectivity index (χ0v) is 6.94. The molecule has 0 aliphatic carbocycles. The van der Waals surface area contributed by atoms with Gasteiger partial charge in [-0.2, -0.15) is 0 Å². The van der Waals surface area contributed by atoms with Crippen molar-refractivity contribution in [3.63, 3.8) is 0 Å². The van der Waals surface area contributed by atoms with Gasteiger partial charge in [-0.05, 0) is 6.92 Å². The molecule has 4 nitrogen and oxygen atoms in total. The van der Waals surface area contributed by atoms with E-state index >= 15 is 0 Å². The van der Waals surface area contributed by atoms with Crippen LogP contribution in [0.2, 0.25) is 0 Å². The zero-order chi connectivity index (χ0) is 8.36. The second-order valence-electron chi connectivity index (χ2n) is 1.72. The van der Waals surface area contributed by atoms with Gasteiger partial charge >= 0.3 is 0 Å². The van der Waals surface area contributed by atoms with Crippen LogP contribution in [0.4, 0.5) is 0 Å². The van der Waals surface area contributed by atoms with Crippen molar-refractivity contribution in [2.45, 2.75) is 11.0 Å². The fourth-order valence-corrected chi connectivity index (χ4v) is 0.977.